The molecule has 22 heavy (non-hydrogen) atoms. The maximum atomic E-state index is 11.9. The minimum absolute atomic E-state index is 0.0544. The van der Waals surface area contributed by atoms with Crippen molar-refractivity contribution in [3.8, 4) is 11.5 Å². The molecule has 0 atom stereocenters. The van der Waals surface area contributed by atoms with Gasteiger partial charge in [0.25, 0.3) is 5.91 Å². The van der Waals surface area contributed by atoms with Crippen LogP contribution in [0.1, 0.15) is 27.9 Å². The van der Waals surface area contributed by atoms with E-state index in [9.17, 15) is 9.90 Å². The van der Waals surface area contributed by atoms with Crippen LogP contribution in [0.5, 0.6) is 11.5 Å². The number of nitrogens with one attached hydrogen (secondary N) is 1. The first-order chi connectivity index (χ1) is 10.5. The van der Waals surface area contributed by atoms with Gasteiger partial charge in [-0.05, 0) is 37.6 Å². The van der Waals surface area contributed by atoms with E-state index in [0.717, 1.165) is 11.3 Å². The maximum Gasteiger partial charge on any atom is 0.283 e. The van der Waals surface area contributed by atoms with Crippen molar-refractivity contribution >= 4 is 28.6 Å². The Morgan fingerprint density at radius 3 is 3.00 bits per heavy atom. The van der Waals surface area contributed by atoms with Crippen molar-refractivity contribution in [2.24, 2.45) is 5.10 Å². The van der Waals surface area contributed by atoms with E-state index in [2.05, 4.69) is 15.5 Å². The molecule has 8 heteroatoms. The number of aromatic nitrogens is 1. The van der Waals surface area contributed by atoms with Crippen LogP contribution in [0.4, 0.5) is 5.13 Å². The number of ether oxygens (including phenoxy) is 1. The quantitative estimate of drug-likeness (QED) is 0.576. The lowest BCUT2D eigenvalue weighted by Gasteiger charge is -2.05. The number of carbonyl (C=O) groups is 1. The van der Waals surface area contributed by atoms with Crippen molar-refractivity contribution in [3.05, 3.63) is 34.3 Å². The highest BCUT2D eigenvalue weighted by Gasteiger charge is 2.13. The average molecular weight is 320 g/mol. The molecule has 1 aromatic heterocycles. The number of hydrazone groups is 1. The predicted octanol–water partition coefficient (Wildman–Crippen LogP) is 1.90. The Hall–Kier alpha value is -2.61. The molecule has 0 radical (unpaired) electrons. The van der Waals surface area contributed by atoms with Crippen LogP contribution < -0.4 is 15.9 Å². The van der Waals surface area contributed by atoms with E-state index in [1.165, 1.54) is 12.3 Å². The Kier molecular flexibility index (Phi) is 4.95. The zero-order chi connectivity index (χ0) is 16.1. The largest absolute Gasteiger partial charge is 0.504 e. The molecule has 0 saturated heterocycles. The number of benzene rings is 1. The fraction of sp³-hybridized carbons (Fsp3) is 0.214. The van der Waals surface area contributed by atoms with E-state index in [1.807, 2.05) is 6.92 Å². The van der Waals surface area contributed by atoms with Crippen molar-refractivity contribution in [1.29, 1.82) is 0 Å². The number of hydrogen-bond donors (Lipinski definition) is 3. The van der Waals surface area contributed by atoms with E-state index in [0.29, 0.717) is 33.6 Å². The van der Waals surface area contributed by atoms with Crippen LogP contribution in [0.15, 0.2) is 23.3 Å². The minimum Gasteiger partial charge on any atom is -0.504 e. The Morgan fingerprint density at radius 2 is 2.36 bits per heavy atom. The summed E-state index contributed by atoms with van der Waals surface area (Å²) in [6, 6.07) is 4.79. The van der Waals surface area contributed by atoms with Crippen molar-refractivity contribution in [1.82, 2.24) is 10.4 Å². The second-order valence-corrected chi connectivity index (χ2v) is 5.36. The summed E-state index contributed by atoms with van der Waals surface area (Å²) in [7, 11) is 0. The zero-order valence-corrected chi connectivity index (χ0v) is 13.0. The van der Waals surface area contributed by atoms with Gasteiger partial charge in [0.05, 0.1) is 18.5 Å². The molecule has 0 aliphatic rings. The van der Waals surface area contributed by atoms with Crippen LogP contribution in [-0.2, 0) is 0 Å². The van der Waals surface area contributed by atoms with Gasteiger partial charge < -0.3 is 15.6 Å². The minimum atomic E-state index is -0.369. The second-order valence-electron chi connectivity index (χ2n) is 4.33. The first-order valence-electron chi connectivity index (χ1n) is 6.53. The molecule has 0 aliphatic carbocycles. The van der Waals surface area contributed by atoms with E-state index in [4.69, 9.17) is 10.5 Å². The number of aromatic hydroxyl groups is 1. The molecule has 1 amide bonds. The van der Waals surface area contributed by atoms with Gasteiger partial charge in [-0.1, -0.05) is 11.3 Å². The number of aryl methyl sites for hydroxylation is 1. The van der Waals surface area contributed by atoms with Gasteiger partial charge in [0.15, 0.2) is 16.6 Å². The van der Waals surface area contributed by atoms with Gasteiger partial charge in [-0.25, -0.2) is 10.4 Å². The van der Waals surface area contributed by atoms with Crippen LogP contribution in [-0.4, -0.2) is 28.8 Å². The van der Waals surface area contributed by atoms with Crippen molar-refractivity contribution in [3.63, 3.8) is 0 Å². The molecule has 0 bridgehead atoms. The first kappa shape index (κ1) is 15.8. The molecule has 0 aliphatic heterocycles. The third-order valence-electron chi connectivity index (χ3n) is 2.68. The molecule has 0 saturated carbocycles. The van der Waals surface area contributed by atoms with Crippen LogP contribution in [0.25, 0.3) is 0 Å². The van der Waals surface area contributed by atoms with Crippen molar-refractivity contribution < 1.29 is 14.6 Å². The summed E-state index contributed by atoms with van der Waals surface area (Å²) >= 11 is 1.11. The summed E-state index contributed by atoms with van der Waals surface area (Å²) in [4.78, 5) is 16.3. The van der Waals surface area contributed by atoms with Crippen LogP contribution in [0.2, 0.25) is 0 Å². The van der Waals surface area contributed by atoms with Gasteiger partial charge in [0.1, 0.15) is 4.88 Å². The molecule has 0 unspecified atom stereocenters. The maximum absolute atomic E-state index is 11.9. The van der Waals surface area contributed by atoms with E-state index < -0.39 is 0 Å². The number of phenolic OH excluding ortho intramolecular Hbond substituents is 1. The number of rotatable bonds is 5. The number of nitrogen functional groups attached to an aromatic ring is 1. The molecular weight excluding hydrogens is 304 g/mol. The summed E-state index contributed by atoms with van der Waals surface area (Å²) in [5.41, 5.74) is 9.21. The predicted molar refractivity (Wildman–Crippen MR) is 85.6 cm³/mol. The van der Waals surface area contributed by atoms with Gasteiger partial charge in [-0.2, -0.15) is 5.10 Å². The number of thiazole rings is 1. The Bertz CT molecular complexity index is 712. The summed E-state index contributed by atoms with van der Waals surface area (Å²) < 4.78 is 5.27. The van der Waals surface area contributed by atoms with Gasteiger partial charge >= 0.3 is 0 Å². The van der Waals surface area contributed by atoms with Crippen LogP contribution >= 0.6 is 11.3 Å². The molecule has 2 rings (SSSR count). The fourth-order valence-electron chi connectivity index (χ4n) is 1.73. The molecule has 1 heterocycles. The highest BCUT2D eigenvalue weighted by molar-refractivity contribution is 7.17. The Labute approximate surface area is 131 Å². The summed E-state index contributed by atoms with van der Waals surface area (Å²) in [5, 5.41) is 13.8. The fourth-order valence-corrected chi connectivity index (χ4v) is 2.45. The highest BCUT2D eigenvalue weighted by atomic mass is 32.1. The third kappa shape index (κ3) is 3.73. The smallest absolute Gasteiger partial charge is 0.283 e. The molecule has 2 aromatic rings. The van der Waals surface area contributed by atoms with Gasteiger partial charge in [-0.3, -0.25) is 4.79 Å². The normalized spacial score (nSPS) is 10.8. The number of anilines is 1. The van der Waals surface area contributed by atoms with Crippen molar-refractivity contribution in [2.45, 2.75) is 13.8 Å². The average Bonchev–Trinajstić information content (AvgIpc) is 2.81. The number of amides is 1. The lowest BCUT2D eigenvalue weighted by Crippen LogP contribution is -2.17. The van der Waals surface area contributed by atoms with Crippen LogP contribution in [0, 0.1) is 6.92 Å². The summed E-state index contributed by atoms with van der Waals surface area (Å²) in [6.07, 6.45) is 1.46. The Balaban J connectivity index is 2.05. The van der Waals surface area contributed by atoms with Crippen molar-refractivity contribution in [2.75, 3.05) is 12.3 Å². The third-order valence-corrected chi connectivity index (χ3v) is 3.67. The number of phenols is 1. The van der Waals surface area contributed by atoms with E-state index in [1.54, 1.807) is 19.1 Å². The standard InChI is InChI=1S/C14H16N4O3S/c1-3-21-11-6-9(4-5-10(11)19)7-16-18-13(20)12-8(2)17-14(15)22-12/h4-7,19H,3H2,1-2H3,(H2,15,17)(H,18,20)/b16-7-. The SMILES string of the molecule is CCOc1cc(/C=N\NC(=O)c2sc(N)nc2C)ccc1O. The zero-order valence-electron chi connectivity index (χ0n) is 12.2. The molecule has 0 spiro atoms. The Morgan fingerprint density at radius 1 is 1.59 bits per heavy atom. The number of nitrogens with zero attached hydrogens (tertiary/aromatic N) is 2. The summed E-state index contributed by atoms with van der Waals surface area (Å²) in [6.45, 7) is 3.97. The van der Waals surface area contributed by atoms with E-state index >= 15 is 0 Å². The van der Waals surface area contributed by atoms with Gasteiger partial charge in [-0.15, -0.1) is 0 Å². The highest BCUT2D eigenvalue weighted by Crippen LogP contribution is 2.26. The lowest BCUT2D eigenvalue weighted by atomic mass is 10.2. The number of nitrogens with two attached hydrogens (primary N) is 1. The monoisotopic (exact) mass is 320 g/mol. The van der Waals surface area contributed by atoms with Crippen LogP contribution in [0.3, 0.4) is 0 Å². The molecular formula is C14H16N4O3S. The molecule has 1 aromatic carbocycles. The number of carbonyl (C=O) groups excluding carboxylic acids is 1. The topological polar surface area (TPSA) is 110 Å². The second kappa shape index (κ2) is 6.90. The summed E-state index contributed by atoms with van der Waals surface area (Å²) in [5.74, 6) is 0.0504. The molecule has 116 valence electrons. The molecule has 7 nitrogen and oxygen atoms in total. The molecule has 4 N–H and O–H groups in total. The van der Waals surface area contributed by atoms with Gasteiger partial charge in [0, 0.05) is 0 Å². The lowest BCUT2D eigenvalue weighted by molar-refractivity contribution is 0.0958. The van der Waals surface area contributed by atoms with E-state index in [-0.39, 0.29) is 11.7 Å². The molecule has 0 fully saturated rings. The first-order valence-corrected chi connectivity index (χ1v) is 7.35. The van der Waals surface area contributed by atoms with Gasteiger partial charge in [0.2, 0.25) is 0 Å². The number of hydrogen-bond acceptors (Lipinski definition) is 7.